The van der Waals surface area contributed by atoms with Crippen LogP contribution in [-0.4, -0.2) is 32.1 Å². The number of carbonyl (C=O) groups is 1. The molecular weight excluding hydrogens is 234 g/mol. The van der Waals surface area contributed by atoms with Crippen molar-refractivity contribution in [2.24, 2.45) is 0 Å². The third-order valence-corrected chi connectivity index (χ3v) is 3.29. The Hall–Kier alpha value is -0.780. The molecule has 2 rings (SSSR count). The zero-order valence-electron chi connectivity index (χ0n) is 8.37. The lowest BCUT2D eigenvalue weighted by molar-refractivity contribution is 0.0928. The number of hydrogen-bond donors (Lipinski definition) is 3. The van der Waals surface area contributed by atoms with Crippen LogP contribution in [0.15, 0.2) is 12.1 Å². The first-order valence-corrected chi connectivity index (χ1v) is 5.40. The number of thiophene rings is 1. The average molecular weight is 248 g/mol. The van der Waals surface area contributed by atoms with Crippen molar-refractivity contribution in [3.8, 4) is 0 Å². The molecule has 2 heterocycles. The van der Waals surface area contributed by atoms with Crippen LogP contribution in [0.3, 0.4) is 0 Å². The van der Waals surface area contributed by atoms with Gasteiger partial charge in [-0.2, -0.15) is 0 Å². The highest BCUT2D eigenvalue weighted by Crippen LogP contribution is 2.20. The normalized spacial score (nSPS) is 15.0. The summed E-state index contributed by atoms with van der Waals surface area (Å²) < 4.78 is 0. The largest absolute Gasteiger partial charge is 0.380 e. The van der Waals surface area contributed by atoms with Crippen molar-refractivity contribution in [2.75, 3.05) is 25.5 Å². The minimum Gasteiger partial charge on any atom is -0.380 e. The maximum atomic E-state index is 11.6. The van der Waals surface area contributed by atoms with Crippen molar-refractivity contribution < 1.29 is 4.79 Å². The van der Waals surface area contributed by atoms with Crippen LogP contribution in [0, 0.1) is 0 Å². The van der Waals surface area contributed by atoms with Gasteiger partial charge in [0.25, 0.3) is 5.91 Å². The number of anilines is 1. The third-order valence-electron chi connectivity index (χ3n) is 2.19. The molecule has 1 saturated heterocycles. The number of amides is 1. The van der Waals surface area contributed by atoms with Gasteiger partial charge in [-0.3, -0.25) is 4.79 Å². The number of carbonyl (C=O) groups excluding carboxylic acids is 1. The summed E-state index contributed by atoms with van der Waals surface area (Å²) in [7, 11) is 1.85. The summed E-state index contributed by atoms with van der Waals surface area (Å²) in [4.78, 5) is 12.4. The van der Waals surface area contributed by atoms with Crippen molar-refractivity contribution in [1.82, 2.24) is 10.6 Å². The molecule has 3 N–H and O–H groups in total. The van der Waals surface area contributed by atoms with Crippen LogP contribution >= 0.6 is 23.7 Å². The Labute approximate surface area is 98.9 Å². The van der Waals surface area contributed by atoms with Gasteiger partial charge in [0.15, 0.2) is 0 Å². The molecule has 84 valence electrons. The molecule has 6 heteroatoms. The quantitative estimate of drug-likeness (QED) is 0.745. The minimum atomic E-state index is 0. The Bertz CT molecular complexity index is 338. The van der Waals surface area contributed by atoms with E-state index < -0.39 is 0 Å². The molecule has 1 aromatic heterocycles. The highest BCUT2D eigenvalue weighted by molar-refractivity contribution is 7.17. The Balaban J connectivity index is 0.00000112. The fourth-order valence-corrected chi connectivity index (χ4v) is 2.00. The zero-order chi connectivity index (χ0) is 9.97. The van der Waals surface area contributed by atoms with Crippen LogP contribution in [0.25, 0.3) is 0 Å². The molecule has 0 atom stereocenters. The predicted octanol–water partition coefficient (Wildman–Crippen LogP) is 0.913. The maximum Gasteiger partial charge on any atom is 0.261 e. The summed E-state index contributed by atoms with van der Waals surface area (Å²) in [6, 6.07) is 4.07. The molecule has 0 bridgehead atoms. The molecule has 0 radical (unpaired) electrons. The number of halogens is 1. The summed E-state index contributed by atoms with van der Waals surface area (Å²) in [6.07, 6.45) is 0. The summed E-state index contributed by atoms with van der Waals surface area (Å²) in [5.41, 5.74) is 0. The Morgan fingerprint density at radius 2 is 2.27 bits per heavy atom. The SMILES string of the molecule is CNc1ccc(C(=O)NC2CNC2)s1.Cl. The Morgan fingerprint density at radius 1 is 1.53 bits per heavy atom. The van der Waals surface area contributed by atoms with Crippen LogP contribution in [0.4, 0.5) is 5.00 Å². The van der Waals surface area contributed by atoms with E-state index in [0.29, 0.717) is 6.04 Å². The minimum absolute atomic E-state index is 0. The first-order chi connectivity index (χ1) is 6.79. The van der Waals surface area contributed by atoms with Gasteiger partial charge in [0.2, 0.25) is 0 Å². The molecule has 15 heavy (non-hydrogen) atoms. The molecule has 0 saturated carbocycles. The number of nitrogens with one attached hydrogen (secondary N) is 3. The van der Waals surface area contributed by atoms with E-state index in [1.807, 2.05) is 19.2 Å². The van der Waals surface area contributed by atoms with Gasteiger partial charge in [0.1, 0.15) is 0 Å². The summed E-state index contributed by atoms with van der Waals surface area (Å²) >= 11 is 1.47. The Kier molecular flexibility index (Phi) is 4.38. The van der Waals surface area contributed by atoms with E-state index in [0.717, 1.165) is 23.0 Å². The van der Waals surface area contributed by atoms with Gasteiger partial charge in [-0.05, 0) is 12.1 Å². The Morgan fingerprint density at radius 3 is 2.73 bits per heavy atom. The molecule has 0 aliphatic carbocycles. The monoisotopic (exact) mass is 247 g/mol. The average Bonchev–Trinajstić information content (AvgIpc) is 2.59. The van der Waals surface area contributed by atoms with E-state index in [1.165, 1.54) is 11.3 Å². The lowest BCUT2D eigenvalue weighted by Gasteiger charge is -2.27. The van der Waals surface area contributed by atoms with Crippen molar-refractivity contribution in [1.29, 1.82) is 0 Å². The van der Waals surface area contributed by atoms with Gasteiger partial charge < -0.3 is 16.0 Å². The molecule has 1 aliphatic rings. The van der Waals surface area contributed by atoms with Gasteiger partial charge in [-0.15, -0.1) is 23.7 Å². The smallest absolute Gasteiger partial charge is 0.261 e. The fourth-order valence-electron chi connectivity index (χ4n) is 1.24. The van der Waals surface area contributed by atoms with Gasteiger partial charge in [-0.25, -0.2) is 0 Å². The zero-order valence-corrected chi connectivity index (χ0v) is 10.0. The lowest BCUT2D eigenvalue weighted by Crippen LogP contribution is -2.56. The van der Waals surface area contributed by atoms with Gasteiger partial charge in [0, 0.05) is 20.1 Å². The number of rotatable bonds is 3. The van der Waals surface area contributed by atoms with Crippen LogP contribution in [-0.2, 0) is 0 Å². The molecule has 0 spiro atoms. The second-order valence-corrected chi connectivity index (χ2v) is 4.33. The van der Waals surface area contributed by atoms with Gasteiger partial charge >= 0.3 is 0 Å². The first kappa shape index (κ1) is 12.3. The molecule has 4 nitrogen and oxygen atoms in total. The summed E-state index contributed by atoms with van der Waals surface area (Å²) in [6.45, 7) is 1.77. The van der Waals surface area contributed by atoms with Gasteiger partial charge in [0.05, 0.1) is 15.9 Å². The van der Waals surface area contributed by atoms with E-state index in [-0.39, 0.29) is 18.3 Å². The van der Waals surface area contributed by atoms with E-state index in [9.17, 15) is 4.79 Å². The van der Waals surface area contributed by atoms with Crippen molar-refractivity contribution in [3.05, 3.63) is 17.0 Å². The second-order valence-electron chi connectivity index (χ2n) is 3.24. The van der Waals surface area contributed by atoms with Crippen LogP contribution < -0.4 is 16.0 Å². The van der Waals surface area contributed by atoms with Crippen LogP contribution in [0.5, 0.6) is 0 Å². The molecule has 1 amide bonds. The van der Waals surface area contributed by atoms with Crippen LogP contribution in [0.1, 0.15) is 9.67 Å². The summed E-state index contributed by atoms with van der Waals surface area (Å²) in [5.74, 6) is 0.0306. The topological polar surface area (TPSA) is 53.2 Å². The molecule has 1 aromatic rings. The fraction of sp³-hybridized carbons (Fsp3) is 0.444. The lowest BCUT2D eigenvalue weighted by atomic mass is 10.2. The highest BCUT2D eigenvalue weighted by Gasteiger charge is 2.20. The van der Waals surface area contributed by atoms with Gasteiger partial charge in [-0.1, -0.05) is 0 Å². The second kappa shape index (κ2) is 5.34. The number of hydrogen-bond acceptors (Lipinski definition) is 4. The molecule has 0 aromatic carbocycles. The van der Waals surface area contributed by atoms with Crippen molar-refractivity contribution in [2.45, 2.75) is 6.04 Å². The summed E-state index contributed by atoms with van der Waals surface area (Å²) in [5, 5.41) is 10.1. The van der Waals surface area contributed by atoms with E-state index in [2.05, 4.69) is 16.0 Å². The first-order valence-electron chi connectivity index (χ1n) is 4.59. The molecule has 1 fully saturated rings. The molecule has 0 unspecified atom stereocenters. The predicted molar refractivity (Wildman–Crippen MR) is 65.2 cm³/mol. The molecule has 1 aliphatic heterocycles. The van der Waals surface area contributed by atoms with Crippen LogP contribution in [0.2, 0.25) is 0 Å². The molecular formula is C9H14ClN3OS. The third kappa shape index (κ3) is 2.84. The van der Waals surface area contributed by atoms with E-state index in [4.69, 9.17) is 0 Å². The van der Waals surface area contributed by atoms with E-state index >= 15 is 0 Å². The van der Waals surface area contributed by atoms with E-state index in [1.54, 1.807) is 0 Å². The highest BCUT2D eigenvalue weighted by atomic mass is 35.5. The van der Waals surface area contributed by atoms with Crippen molar-refractivity contribution >= 4 is 34.7 Å². The maximum absolute atomic E-state index is 11.6. The van der Waals surface area contributed by atoms with Crippen molar-refractivity contribution in [3.63, 3.8) is 0 Å². The standard InChI is InChI=1S/C9H13N3OS.ClH/c1-10-8-3-2-7(14-8)9(13)12-6-4-11-5-6;/h2-3,6,10-11H,4-5H2,1H3,(H,12,13);1H.